The minimum Gasteiger partial charge on any atom is -0.497 e. The Morgan fingerprint density at radius 2 is 1.60 bits per heavy atom. The molecule has 0 spiro atoms. The van der Waals surface area contributed by atoms with Crippen LogP contribution in [0.15, 0.2) is 36.4 Å². The number of ether oxygens (including phenoxy) is 2. The van der Waals surface area contributed by atoms with Gasteiger partial charge < -0.3 is 24.4 Å². The first kappa shape index (κ1) is 34.5. The molecule has 1 aliphatic carbocycles. The van der Waals surface area contributed by atoms with E-state index in [0.29, 0.717) is 87.3 Å². The Kier molecular flexibility index (Phi) is 10.2. The number of benzene rings is 2. The number of alkyl halides is 3. The summed E-state index contributed by atoms with van der Waals surface area (Å²) in [5.41, 5.74) is 0.859. The van der Waals surface area contributed by atoms with E-state index >= 15 is 4.39 Å². The standard InChI is InChI=1S/C36H45F4N3O5/c1-47-21-23-17-43(18-29(23)28-9-7-24(36(38,39)40)15-33(28)41-13-11-22(12-14-41)35(45)46)34(44)31-20-42(25-5-3-4-6-25)19-30(31)27-10-8-26(48-2)16-32(27)37/h7-10,15-16,22-23,25,29-31H,3-6,11-14,17-21H2,1-2H3,(H,45,46)/t23-,29+,30+,31-/m1/s1. The number of anilines is 1. The van der Waals surface area contributed by atoms with Crippen molar-refractivity contribution in [3.05, 3.63) is 58.9 Å². The Hall–Kier alpha value is -3.38. The molecule has 4 aliphatic rings. The fraction of sp³-hybridized carbons (Fsp3) is 0.611. The van der Waals surface area contributed by atoms with E-state index in [0.717, 1.165) is 31.7 Å². The Morgan fingerprint density at radius 1 is 0.896 bits per heavy atom. The third-order valence-electron chi connectivity index (χ3n) is 11.2. The molecule has 0 bridgehead atoms. The van der Waals surface area contributed by atoms with E-state index in [1.807, 2.05) is 9.80 Å². The third kappa shape index (κ3) is 7.01. The van der Waals surface area contributed by atoms with Crippen molar-refractivity contribution in [2.24, 2.45) is 17.8 Å². The first-order valence-electron chi connectivity index (χ1n) is 17.0. The van der Waals surface area contributed by atoms with Crippen LogP contribution in [-0.2, 0) is 20.5 Å². The number of carboxylic acid groups (broad SMARTS) is 1. The van der Waals surface area contributed by atoms with Crippen LogP contribution in [0.2, 0.25) is 0 Å². The molecule has 4 fully saturated rings. The average Bonchev–Trinajstić information content (AvgIpc) is 3.84. The fourth-order valence-corrected chi connectivity index (χ4v) is 8.60. The number of likely N-dealkylation sites (tertiary alicyclic amines) is 2. The maximum Gasteiger partial charge on any atom is 0.416 e. The van der Waals surface area contributed by atoms with Crippen molar-refractivity contribution in [1.29, 1.82) is 0 Å². The van der Waals surface area contributed by atoms with Gasteiger partial charge in [-0.1, -0.05) is 25.0 Å². The number of hydrogen-bond donors (Lipinski definition) is 1. The van der Waals surface area contributed by atoms with E-state index in [4.69, 9.17) is 9.47 Å². The van der Waals surface area contributed by atoms with Crippen molar-refractivity contribution in [2.45, 2.75) is 62.6 Å². The lowest BCUT2D eigenvalue weighted by molar-refractivity contribution is -0.142. The Labute approximate surface area is 279 Å². The summed E-state index contributed by atoms with van der Waals surface area (Å²) in [6, 6.07) is 8.96. The summed E-state index contributed by atoms with van der Waals surface area (Å²) in [5, 5.41) is 9.50. The highest BCUT2D eigenvalue weighted by atomic mass is 19.4. The first-order chi connectivity index (χ1) is 23.0. The molecule has 1 N–H and O–H groups in total. The molecule has 6 rings (SSSR count). The molecular weight excluding hydrogens is 630 g/mol. The molecule has 262 valence electrons. The molecule has 2 aromatic carbocycles. The van der Waals surface area contributed by atoms with Crippen LogP contribution in [0.5, 0.6) is 5.75 Å². The third-order valence-corrected chi connectivity index (χ3v) is 11.2. The zero-order chi connectivity index (χ0) is 34.2. The molecule has 0 radical (unpaired) electrons. The number of carbonyl (C=O) groups excluding carboxylic acids is 1. The van der Waals surface area contributed by atoms with Crippen molar-refractivity contribution in [3.63, 3.8) is 0 Å². The summed E-state index contributed by atoms with van der Waals surface area (Å²) in [6.45, 7) is 2.74. The molecular formula is C36H45F4N3O5. The largest absolute Gasteiger partial charge is 0.497 e. The van der Waals surface area contributed by atoms with Crippen molar-refractivity contribution in [1.82, 2.24) is 9.80 Å². The van der Waals surface area contributed by atoms with Crippen LogP contribution in [0.3, 0.4) is 0 Å². The van der Waals surface area contributed by atoms with E-state index in [2.05, 4.69) is 4.90 Å². The quantitative estimate of drug-likeness (QED) is 0.327. The number of halogens is 4. The van der Waals surface area contributed by atoms with Gasteiger partial charge in [0.25, 0.3) is 0 Å². The molecule has 3 aliphatic heterocycles. The van der Waals surface area contributed by atoms with E-state index < -0.39 is 35.4 Å². The van der Waals surface area contributed by atoms with Gasteiger partial charge in [0.2, 0.25) is 5.91 Å². The Balaban J connectivity index is 1.30. The summed E-state index contributed by atoms with van der Waals surface area (Å²) < 4.78 is 68.1. The van der Waals surface area contributed by atoms with Crippen molar-refractivity contribution in [3.8, 4) is 5.75 Å². The van der Waals surface area contributed by atoms with E-state index in [-0.39, 0.29) is 23.7 Å². The SMILES string of the molecule is COC[C@H]1CN(C(=O)[C@@H]2CN(C3CCCC3)C[C@H]2c2ccc(OC)cc2F)C[C@@H]1c1ccc(C(F)(F)F)cc1N1CCC(C(=O)O)CC1. The molecule has 1 amide bonds. The van der Waals surface area contributed by atoms with E-state index in [9.17, 15) is 27.9 Å². The van der Waals surface area contributed by atoms with Gasteiger partial charge in [-0.25, -0.2) is 4.39 Å². The monoisotopic (exact) mass is 675 g/mol. The Bertz CT molecular complexity index is 1470. The van der Waals surface area contributed by atoms with E-state index in [1.54, 1.807) is 19.2 Å². The number of carboxylic acids is 1. The van der Waals surface area contributed by atoms with Crippen LogP contribution >= 0.6 is 0 Å². The highest BCUT2D eigenvalue weighted by molar-refractivity contribution is 5.81. The highest BCUT2D eigenvalue weighted by Gasteiger charge is 2.47. The molecule has 1 saturated carbocycles. The van der Waals surface area contributed by atoms with Crippen LogP contribution in [-0.4, -0.2) is 92.9 Å². The van der Waals surface area contributed by atoms with Gasteiger partial charge in [0, 0.05) is 81.9 Å². The number of piperidine rings is 1. The normalized spacial score (nSPS) is 26.0. The molecule has 0 unspecified atom stereocenters. The summed E-state index contributed by atoms with van der Waals surface area (Å²) in [5.74, 6) is -2.78. The van der Waals surface area contributed by atoms with Gasteiger partial charge in [-0.3, -0.25) is 14.5 Å². The molecule has 12 heteroatoms. The number of nitrogens with zero attached hydrogens (tertiary/aromatic N) is 3. The first-order valence-corrected chi connectivity index (χ1v) is 17.0. The average molecular weight is 676 g/mol. The van der Waals surface area contributed by atoms with Crippen LogP contribution in [0.1, 0.15) is 67.1 Å². The molecule has 3 saturated heterocycles. The lowest BCUT2D eigenvalue weighted by Crippen LogP contribution is -2.39. The lowest BCUT2D eigenvalue weighted by Gasteiger charge is -2.35. The van der Waals surface area contributed by atoms with Crippen molar-refractivity contribution < 1.29 is 41.7 Å². The van der Waals surface area contributed by atoms with Crippen molar-refractivity contribution >= 4 is 17.6 Å². The van der Waals surface area contributed by atoms with Gasteiger partial charge in [0.15, 0.2) is 0 Å². The van der Waals surface area contributed by atoms with Crippen LogP contribution < -0.4 is 9.64 Å². The van der Waals surface area contributed by atoms with Gasteiger partial charge in [0.05, 0.1) is 31.1 Å². The summed E-state index contributed by atoms with van der Waals surface area (Å²) in [7, 11) is 3.06. The zero-order valence-corrected chi connectivity index (χ0v) is 27.6. The minimum absolute atomic E-state index is 0.0740. The molecule has 0 aromatic heterocycles. The zero-order valence-electron chi connectivity index (χ0n) is 27.6. The number of rotatable bonds is 9. The second-order valence-electron chi connectivity index (χ2n) is 13.9. The lowest BCUT2D eigenvalue weighted by atomic mass is 9.86. The summed E-state index contributed by atoms with van der Waals surface area (Å²) in [6.07, 6.45) is 0.514. The van der Waals surface area contributed by atoms with Gasteiger partial charge >= 0.3 is 12.1 Å². The molecule has 2 aromatic rings. The topological polar surface area (TPSA) is 82.6 Å². The maximum absolute atomic E-state index is 15.5. The number of amides is 1. The summed E-state index contributed by atoms with van der Waals surface area (Å²) in [4.78, 5) is 32.1. The van der Waals surface area contributed by atoms with Gasteiger partial charge in [0.1, 0.15) is 11.6 Å². The predicted octanol–water partition coefficient (Wildman–Crippen LogP) is 6.00. The van der Waals surface area contributed by atoms with Crippen molar-refractivity contribution in [2.75, 3.05) is 65.0 Å². The number of hydrogen-bond acceptors (Lipinski definition) is 6. The summed E-state index contributed by atoms with van der Waals surface area (Å²) >= 11 is 0. The Morgan fingerprint density at radius 3 is 2.23 bits per heavy atom. The smallest absolute Gasteiger partial charge is 0.416 e. The van der Waals surface area contributed by atoms with Crippen LogP contribution in [0.25, 0.3) is 0 Å². The number of aliphatic carboxylic acids is 1. The highest BCUT2D eigenvalue weighted by Crippen LogP contribution is 2.45. The van der Waals surface area contributed by atoms with Gasteiger partial charge in [-0.15, -0.1) is 0 Å². The molecule has 4 atom stereocenters. The second kappa shape index (κ2) is 14.2. The van der Waals surface area contributed by atoms with Crippen LogP contribution in [0, 0.1) is 23.6 Å². The number of carbonyl (C=O) groups is 2. The molecule has 48 heavy (non-hydrogen) atoms. The maximum atomic E-state index is 15.5. The molecule has 3 heterocycles. The van der Waals surface area contributed by atoms with Crippen LogP contribution in [0.4, 0.5) is 23.2 Å². The second-order valence-corrected chi connectivity index (χ2v) is 13.9. The fourth-order valence-electron chi connectivity index (χ4n) is 8.60. The van der Waals surface area contributed by atoms with Gasteiger partial charge in [-0.2, -0.15) is 13.2 Å². The number of methoxy groups -OCH3 is 2. The molecule has 8 nitrogen and oxygen atoms in total. The minimum atomic E-state index is -4.55. The predicted molar refractivity (Wildman–Crippen MR) is 172 cm³/mol. The van der Waals surface area contributed by atoms with Gasteiger partial charge in [-0.05, 0) is 55.0 Å². The van der Waals surface area contributed by atoms with E-state index in [1.165, 1.54) is 25.3 Å².